The van der Waals surface area contributed by atoms with Gasteiger partial charge in [0.25, 0.3) is 0 Å². The summed E-state index contributed by atoms with van der Waals surface area (Å²) in [5, 5.41) is 3.61. The predicted molar refractivity (Wildman–Crippen MR) is 48.6 cm³/mol. The lowest BCUT2D eigenvalue weighted by Gasteiger charge is -2.08. The van der Waals surface area contributed by atoms with Gasteiger partial charge in [0, 0.05) is 11.6 Å². The van der Waals surface area contributed by atoms with Crippen LogP contribution in [0.25, 0.3) is 11.3 Å². The Morgan fingerprint density at radius 2 is 2.00 bits per heavy atom. The van der Waals surface area contributed by atoms with Crippen molar-refractivity contribution < 1.29 is 22.4 Å². The molecule has 0 saturated carbocycles. The van der Waals surface area contributed by atoms with Crippen LogP contribution in [0.5, 0.6) is 5.75 Å². The van der Waals surface area contributed by atoms with E-state index >= 15 is 0 Å². The van der Waals surface area contributed by atoms with Gasteiger partial charge in [-0.3, -0.25) is 0 Å². The molecule has 2 rings (SSSR count). The topological polar surface area (TPSA) is 35.3 Å². The number of hydrogen-bond donors (Lipinski definition) is 0. The third-order valence-corrected chi connectivity index (χ3v) is 1.80. The van der Waals surface area contributed by atoms with Crippen molar-refractivity contribution in [3.05, 3.63) is 36.6 Å². The molecule has 0 N–H and O–H groups in total. The van der Waals surface area contributed by atoms with Crippen LogP contribution in [0.4, 0.5) is 13.2 Å². The number of nitrogens with zero attached hydrogens (tertiary/aromatic N) is 1. The maximum absolute atomic E-state index is 12.0. The highest BCUT2D eigenvalue weighted by molar-refractivity contribution is 5.60. The summed E-state index contributed by atoms with van der Waals surface area (Å²) in [6.07, 6.45) is -3.35. The molecule has 0 radical (unpaired) electrons. The zero-order chi connectivity index (χ0) is 11.6. The molecule has 0 aliphatic heterocycles. The molecule has 0 aliphatic carbocycles. The summed E-state index contributed by atoms with van der Waals surface area (Å²) in [4.78, 5) is 0. The lowest BCUT2D eigenvalue weighted by atomic mass is 10.1. The van der Waals surface area contributed by atoms with Crippen molar-refractivity contribution in [3.63, 3.8) is 0 Å². The summed E-state index contributed by atoms with van der Waals surface area (Å²) in [7, 11) is 0. The molecule has 0 saturated heterocycles. The lowest BCUT2D eigenvalue weighted by molar-refractivity contribution is -0.274. The fourth-order valence-electron chi connectivity index (χ4n) is 1.21. The second-order valence-corrected chi connectivity index (χ2v) is 2.96. The van der Waals surface area contributed by atoms with Crippen LogP contribution in [0.15, 0.2) is 41.1 Å². The number of alkyl halides is 3. The van der Waals surface area contributed by atoms with Gasteiger partial charge >= 0.3 is 6.36 Å². The first-order valence-corrected chi connectivity index (χ1v) is 4.31. The minimum atomic E-state index is -4.69. The Bertz CT molecular complexity index is 465. The Balaban J connectivity index is 2.27. The third kappa shape index (κ3) is 2.53. The monoisotopic (exact) mass is 229 g/mol. The van der Waals surface area contributed by atoms with E-state index in [2.05, 4.69) is 14.4 Å². The summed E-state index contributed by atoms with van der Waals surface area (Å²) in [6.45, 7) is 0. The third-order valence-electron chi connectivity index (χ3n) is 1.80. The molecule has 1 aromatic carbocycles. The molecule has 6 heteroatoms. The van der Waals surface area contributed by atoms with Crippen molar-refractivity contribution in [2.45, 2.75) is 6.36 Å². The zero-order valence-corrected chi connectivity index (χ0v) is 7.86. The van der Waals surface area contributed by atoms with E-state index in [9.17, 15) is 13.2 Å². The quantitative estimate of drug-likeness (QED) is 0.792. The van der Waals surface area contributed by atoms with Gasteiger partial charge in [0.1, 0.15) is 17.7 Å². The Labute approximate surface area is 88.4 Å². The molecule has 0 atom stereocenters. The molecular weight excluding hydrogens is 223 g/mol. The van der Waals surface area contributed by atoms with Crippen LogP contribution in [-0.2, 0) is 0 Å². The van der Waals surface area contributed by atoms with E-state index in [0.717, 1.165) is 0 Å². The van der Waals surface area contributed by atoms with Gasteiger partial charge in [0.15, 0.2) is 0 Å². The first-order valence-electron chi connectivity index (χ1n) is 4.31. The summed E-state index contributed by atoms with van der Waals surface area (Å²) in [5.74, 6) is -0.284. The van der Waals surface area contributed by atoms with Crippen LogP contribution >= 0.6 is 0 Å². The van der Waals surface area contributed by atoms with Crippen LogP contribution in [0.3, 0.4) is 0 Å². The summed E-state index contributed by atoms with van der Waals surface area (Å²) in [5.41, 5.74) is 0.947. The summed E-state index contributed by atoms with van der Waals surface area (Å²) < 4.78 is 44.3. The van der Waals surface area contributed by atoms with Crippen LogP contribution in [-0.4, -0.2) is 11.5 Å². The first-order chi connectivity index (χ1) is 7.54. The van der Waals surface area contributed by atoms with Gasteiger partial charge in [-0.2, -0.15) is 0 Å². The van der Waals surface area contributed by atoms with Gasteiger partial charge < -0.3 is 9.26 Å². The van der Waals surface area contributed by atoms with Gasteiger partial charge in [-0.1, -0.05) is 17.3 Å². The standard InChI is InChI=1S/C10H6F3NO2/c11-10(12,13)16-8-3-1-2-7(6-8)9-4-5-15-14-9/h1-6H. The zero-order valence-electron chi connectivity index (χ0n) is 7.86. The molecule has 1 heterocycles. The summed E-state index contributed by atoms with van der Waals surface area (Å²) >= 11 is 0. The SMILES string of the molecule is FC(F)(F)Oc1cccc(-c2ccon2)c1. The van der Waals surface area contributed by atoms with E-state index in [1.54, 1.807) is 12.1 Å². The number of rotatable bonds is 2. The maximum atomic E-state index is 12.0. The van der Waals surface area contributed by atoms with Gasteiger partial charge in [-0.05, 0) is 12.1 Å². The normalized spacial score (nSPS) is 11.4. The van der Waals surface area contributed by atoms with Gasteiger partial charge in [-0.25, -0.2) is 0 Å². The van der Waals surface area contributed by atoms with Crippen molar-refractivity contribution in [2.75, 3.05) is 0 Å². The number of halogens is 3. The van der Waals surface area contributed by atoms with Crippen LogP contribution in [0.2, 0.25) is 0 Å². The molecule has 0 fully saturated rings. The average Bonchev–Trinajstić information content (AvgIpc) is 2.68. The molecule has 0 spiro atoms. The largest absolute Gasteiger partial charge is 0.573 e. The number of ether oxygens (including phenoxy) is 1. The van der Waals surface area contributed by atoms with Gasteiger partial charge in [0.05, 0.1) is 0 Å². The molecular formula is C10H6F3NO2. The predicted octanol–water partition coefficient (Wildman–Crippen LogP) is 3.24. The highest BCUT2D eigenvalue weighted by Crippen LogP contribution is 2.26. The van der Waals surface area contributed by atoms with Crippen LogP contribution < -0.4 is 4.74 Å². The Kier molecular flexibility index (Phi) is 2.55. The molecule has 84 valence electrons. The molecule has 0 aliphatic rings. The molecule has 16 heavy (non-hydrogen) atoms. The average molecular weight is 229 g/mol. The van der Waals surface area contributed by atoms with E-state index in [-0.39, 0.29) is 5.75 Å². The minimum absolute atomic E-state index is 0.284. The van der Waals surface area contributed by atoms with Gasteiger partial charge in [-0.15, -0.1) is 13.2 Å². The van der Waals surface area contributed by atoms with Crippen molar-refractivity contribution in [3.8, 4) is 17.0 Å². The van der Waals surface area contributed by atoms with Crippen molar-refractivity contribution in [2.24, 2.45) is 0 Å². The number of aromatic nitrogens is 1. The maximum Gasteiger partial charge on any atom is 0.573 e. The fraction of sp³-hybridized carbons (Fsp3) is 0.100. The molecule has 2 aromatic rings. The van der Waals surface area contributed by atoms with E-state index in [1.165, 1.54) is 24.5 Å². The smallest absolute Gasteiger partial charge is 0.406 e. The van der Waals surface area contributed by atoms with Crippen molar-refractivity contribution in [1.29, 1.82) is 0 Å². The van der Waals surface area contributed by atoms with Crippen LogP contribution in [0.1, 0.15) is 0 Å². The van der Waals surface area contributed by atoms with E-state index in [0.29, 0.717) is 11.3 Å². The van der Waals surface area contributed by atoms with Crippen LogP contribution in [0, 0.1) is 0 Å². The second-order valence-electron chi connectivity index (χ2n) is 2.96. The highest BCUT2D eigenvalue weighted by atomic mass is 19.4. The minimum Gasteiger partial charge on any atom is -0.406 e. The van der Waals surface area contributed by atoms with E-state index < -0.39 is 6.36 Å². The molecule has 1 aromatic heterocycles. The highest BCUT2D eigenvalue weighted by Gasteiger charge is 2.31. The summed E-state index contributed by atoms with van der Waals surface area (Å²) in [6, 6.07) is 7.07. The number of hydrogen-bond acceptors (Lipinski definition) is 3. The lowest BCUT2D eigenvalue weighted by Crippen LogP contribution is -2.17. The van der Waals surface area contributed by atoms with E-state index in [1.807, 2.05) is 0 Å². The molecule has 3 nitrogen and oxygen atoms in total. The molecule has 0 unspecified atom stereocenters. The Hall–Kier alpha value is -1.98. The van der Waals surface area contributed by atoms with Crippen molar-refractivity contribution in [1.82, 2.24) is 5.16 Å². The second kappa shape index (κ2) is 3.88. The number of benzene rings is 1. The Morgan fingerprint density at radius 3 is 2.62 bits per heavy atom. The van der Waals surface area contributed by atoms with E-state index in [4.69, 9.17) is 0 Å². The molecule has 0 bridgehead atoms. The van der Waals surface area contributed by atoms with Gasteiger partial charge in [0.2, 0.25) is 0 Å². The molecule has 0 amide bonds. The first kappa shape index (κ1) is 10.5. The fourth-order valence-corrected chi connectivity index (χ4v) is 1.21. The van der Waals surface area contributed by atoms with Crippen molar-refractivity contribution >= 4 is 0 Å². The Morgan fingerprint density at radius 1 is 1.19 bits per heavy atom.